The van der Waals surface area contributed by atoms with Crippen LogP contribution in [-0.2, 0) is 26.2 Å². The molecule has 0 aliphatic heterocycles. The number of amides is 2. The van der Waals surface area contributed by atoms with Crippen LogP contribution in [0.25, 0.3) is 0 Å². The smallest absolute Gasteiger partial charge is 0.244 e. The lowest BCUT2D eigenvalue weighted by Gasteiger charge is -2.33. The lowest BCUT2D eigenvalue weighted by molar-refractivity contribution is -0.140. The molecule has 2 rings (SSSR count). The largest absolute Gasteiger partial charge is 0.352 e. The lowest BCUT2D eigenvalue weighted by Crippen LogP contribution is -2.53. The van der Waals surface area contributed by atoms with Crippen molar-refractivity contribution < 1.29 is 22.4 Å². The van der Waals surface area contributed by atoms with E-state index < -0.39 is 34.3 Å². The summed E-state index contributed by atoms with van der Waals surface area (Å²) in [7, 11) is -3.80. The van der Waals surface area contributed by atoms with Gasteiger partial charge in [0.15, 0.2) is 0 Å². The average molecular weight is 520 g/mol. The van der Waals surface area contributed by atoms with Gasteiger partial charge in [-0.1, -0.05) is 52.0 Å². The van der Waals surface area contributed by atoms with Crippen molar-refractivity contribution in [1.82, 2.24) is 10.2 Å². The summed E-state index contributed by atoms with van der Waals surface area (Å²) in [5, 5.41) is 2.92. The number of rotatable bonds is 12. The maximum absolute atomic E-state index is 13.6. The fourth-order valence-electron chi connectivity index (χ4n) is 3.79. The second kappa shape index (κ2) is 12.9. The second-order valence-electron chi connectivity index (χ2n) is 9.41. The van der Waals surface area contributed by atoms with E-state index in [0.717, 1.165) is 22.5 Å². The highest BCUT2D eigenvalue weighted by molar-refractivity contribution is 7.92. The van der Waals surface area contributed by atoms with E-state index in [-0.39, 0.29) is 24.4 Å². The summed E-state index contributed by atoms with van der Waals surface area (Å²) >= 11 is 0. The number of nitrogens with zero attached hydrogens (tertiary/aromatic N) is 2. The van der Waals surface area contributed by atoms with Crippen LogP contribution in [0.2, 0.25) is 0 Å². The number of sulfonamides is 1. The van der Waals surface area contributed by atoms with Gasteiger partial charge in [-0.2, -0.15) is 0 Å². The molecule has 7 nitrogen and oxygen atoms in total. The first-order chi connectivity index (χ1) is 16.9. The fourth-order valence-corrected chi connectivity index (χ4v) is 4.64. The van der Waals surface area contributed by atoms with E-state index in [2.05, 4.69) is 5.32 Å². The van der Waals surface area contributed by atoms with E-state index in [4.69, 9.17) is 0 Å². The molecular formula is C27H38FN3O4S. The molecule has 0 saturated carbocycles. The zero-order chi connectivity index (χ0) is 27.0. The van der Waals surface area contributed by atoms with Gasteiger partial charge in [-0.3, -0.25) is 13.9 Å². The Hall–Kier alpha value is -2.94. The highest BCUT2D eigenvalue weighted by Crippen LogP contribution is 2.23. The Kier molecular flexibility index (Phi) is 10.5. The van der Waals surface area contributed by atoms with E-state index in [0.29, 0.717) is 17.7 Å². The van der Waals surface area contributed by atoms with Gasteiger partial charge in [0, 0.05) is 12.6 Å². The van der Waals surface area contributed by atoms with Gasteiger partial charge in [-0.15, -0.1) is 0 Å². The molecule has 0 aliphatic rings. The molecule has 1 N–H and O–H groups in total. The number of anilines is 1. The molecule has 0 bridgehead atoms. The summed E-state index contributed by atoms with van der Waals surface area (Å²) in [6.45, 7) is 9.27. The molecule has 0 fully saturated rings. The van der Waals surface area contributed by atoms with Crippen LogP contribution in [0.3, 0.4) is 0 Å². The number of halogens is 1. The van der Waals surface area contributed by atoms with Crippen molar-refractivity contribution in [2.75, 3.05) is 17.1 Å². The summed E-state index contributed by atoms with van der Waals surface area (Å²) < 4.78 is 39.9. The molecule has 2 atom stereocenters. The Balaban J connectivity index is 2.42. The van der Waals surface area contributed by atoms with Crippen molar-refractivity contribution in [2.45, 2.75) is 72.0 Å². The van der Waals surface area contributed by atoms with E-state index in [1.807, 2.05) is 39.8 Å². The summed E-state index contributed by atoms with van der Waals surface area (Å²) in [4.78, 5) is 28.1. The number of carbonyl (C=O) groups excluding carboxylic acids is 2. The third kappa shape index (κ3) is 8.05. The Morgan fingerprint density at radius 1 is 0.944 bits per heavy atom. The van der Waals surface area contributed by atoms with Crippen molar-refractivity contribution in [2.24, 2.45) is 0 Å². The van der Waals surface area contributed by atoms with Gasteiger partial charge >= 0.3 is 0 Å². The molecule has 0 aromatic heterocycles. The first-order valence-corrected chi connectivity index (χ1v) is 14.1. The maximum atomic E-state index is 13.6. The summed E-state index contributed by atoms with van der Waals surface area (Å²) in [5.74, 6) is -0.975. The molecule has 0 spiro atoms. The highest BCUT2D eigenvalue weighted by atomic mass is 32.2. The number of carbonyl (C=O) groups is 2. The fraction of sp³-hybridized carbons (Fsp3) is 0.481. The molecule has 0 heterocycles. The van der Waals surface area contributed by atoms with Crippen molar-refractivity contribution in [3.63, 3.8) is 0 Å². The second-order valence-corrected chi connectivity index (χ2v) is 11.3. The molecule has 0 saturated heterocycles. The minimum absolute atomic E-state index is 0.0371. The van der Waals surface area contributed by atoms with Crippen LogP contribution >= 0.6 is 0 Å². The van der Waals surface area contributed by atoms with Crippen molar-refractivity contribution in [3.05, 3.63) is 65.5 Å². The quantitative estimate of drug-likeness (QED) is 0.449. The van der Waals surface area contributed by atoms with Gasteiger partial charge in [-0.05, 0) is 61.1 Å². The first kappa shape index (κ1) is 29.3. The minimum Gasteiger partial charge on any atom is -0.352 e. The Morgan fingerprint density at radius 3 is 2.00 bits per heavy atom. The maximum Gasteiger partial charge on any atom is 0.244 e. The monoisotopic (exact) mass is 519 g/mol. The molecule has 9 heteroatoms. The first-order valence-electron chi connectivity index (χ1n) is 12.3. The van der Waals surface area contributed by atoms with E-state index in [1.165, 1.54) is 17.0 Å². The van der Waals surface area contributed by atoms with Gasteiger partial charge in [0.2, 0.25) is 21.8 Å². The number of hydrogen-bond donors (Lipinski definition) is 1. The zero-order valence-corrected chi connectivity index (χ0v) is 22.8. The predicted molar refractivity (Wildman–Crippen MR) is 142 cm³/mol. The van der Waals surface area contributed by atoms with Crippen LogP contribution in [0.5, 0.6) is 0 Å². The van der Waals surface area contributed by atoms with E-state index >= 15 is 0 Å². The van der Waals surface area contributed by atoms with Crippen molar-refractivity contribution >= 4 is 27.5 Å². The van der Waals surface area contributed by atoms with Gasteiger partial charge in [0.25, 0.3) is 0 Å². The average Bonchev–Trinajstić information content (AvgIpc) is 2.82. The molecule has 0 aliphatic carbocycles. The summed E-state index contributed by atoms with van der Waals surface area (Å²) in [6, 6.07) is 11.8. The van der Waals surface area contributed by atoms with Crippen molar-refractivity contribution in [3.8, 4) is 0 Å². The Labute approximate surface area is 214 Å². The van der Waals surface area contributed by atoms with Crippen LogP contribution < -0.4 is 9.62 Å². The number of hydrogen-bond acceptors (Lipinski definition) is 4. The van der Waals surface area contributed by atoms with Crippen LogP contribution in [0, 0.1) is 5.82 Å². The van der Waals surface area contributed by atoms with Gasteiger partial charge in [-0.25, -0.2) is 12.8 Å². The lowest BCUT2D eigenvalue weighted by atomic mass is 10.0. The molecule has 0 unspecified atom stereocenters. The number of benzene rings is 2. The standard InChI is InChI=1S/C27H38FN3O4S/c1-7-20(5)29-27(33)25(8-2)30(17-21-9-13-23(28)14-10-21)26(32)18-31(36(6,34)35)24-15-11-22(12-16-24)19(3)4/h9-16,19-20,25H,7-8,17-18H2,1-6H3,(H,29,33)/t20-,25-/m0/s1. The van der Waals surface area contributed by atoms with Crippen LogP contribution in [0.1, 0.15) is 64.5 Å². The number of nitrogens with one attached hydrogen (secondary N) is 1. The van der Waals surface area contributed by atoms with Crippen molar-refractivity contribution in [1.29, 1.82) is 0 Å². The molecule has 36 heavy (non-hydrogen) atoms. The molecular weight excluding hydrogens is 481 g/mol. The van der Waals surface area contributed by atoms with Crippen LogP contribution in [-0.4, -0.2) is 50.0 Å². The third-order valence-electron chi connectivity index (χ3n) is 6.18. The van der Waals surface area contributed by atoms with E-state index in [9.17, 15) is 22.4 Å². The molecule has 2 aromatic rings. The Morgan fingerprint density at radius 2 is 1.53 bits per heavy atom. The molecule has 2 amide bonds. The van der Waals surface area contributed by atoms with Gasteiger partial charge in [0.1, 0.15) is 18.4 Å². The van der Waals surface area contributed by atoms with Gasteiger partial charge < -0.3 is 10.2 Å². The highest BCUT2D eigenvalue weighted by Gasteiger charge is 2.32. The predicted octanol–water partition coefficient (Wildman–Crippen LogP) is 4.44. The topological polar surface area (TPSA) is 86.8 Å². The molecule has 0 radical (unpaired) electrons. The molecule has 198 valence electrons. The zero-order valence-electron chi connectivity index (χ0n) is 22.0. The SMILES string of the molecule is CC[C@H](C)NC(=O)[C@H](CC)N(Cc1ccc(F)cc1)C(=O)CN(c1ccc(C(C)C)cc1)S(C)(=O)=O. The molecule has 2 aromatic carbocycles. The van der Waals surface area contributed by atoms with E-state index in [1.54, 1.807) is 31.2 Å². The van der Waals surface area contributed by atoms with Crippen LogP contribution in [0.4, 0.5) is 10.1 Å². The normalized spacial score (nSPS) is 13.2. The summed E-state index contributed by atoms with van der Waals surface area (Å²) in [5.41, 5.74) is 2.05. The minimum atomic E-state index is -3.80. The summed E-state index contributed by atoms with van der Waals surface area (Å²) in [6.07, 6.45) is 2.10. The van der Waals surface area contributed by atoms with Crippen LogP contribution in [0.15, 0.2) is 48.5 Å². The Bertz CT molecular complexity index is 1120. The van der Waals surface area contributed by atoms with Gasteiger partial charge in [0.05, 0.1) is 11.9 Å². The third-order valence-corrected chi connectivity index (χ3v) is 7.32.